The Morgan fingerprint density at radius 2 is 1.40 bits per heavy atom. The number of methoxy groups -OCH3 is 2. The fourth-order valence-corrected chi connectivity index (χ4v) is 2.89. The number of amides is 1. The molecule has 0 fully saturated rings. The van der Waals surface area contributed by atoms with Crippen molar-refractivity contribution in [1.29, 1.82) is 0 Å². The van der Waals surface area contributed by atoms with E-state index in [0.29, 0.717) is 44.3 Å². The minimum absolute atomic E-state index is 0.0765. The lowest BCUT2D eigenvalue weighted by molar-refractivity contribution is -0.120. The maximum Gasteiger partial charge on any atom is 0.224 e. The third-order valence-electron chi connectivity index (χ3n) is 4.43. The van der Waals surface area contributed by atoms with Gasteiger partial charge in [-0.25, -0.2) is 0 Å². The summed E-state index contributed by atoms with van der Waals surface area (Å²) in [7, 11) is 4.83. The van der Waals surface area contributed by atoms with Crippen LogP contribution in [-0.4, -0.2) is 59.9 Å². The van der Waals surface area contributed by atoms with Crippen molar-refractivity contribution in [2.75, 3.05) is 47.7 Å². The molecule has 0 unspecified atom stereocenters. The smallest absolute Gasteiger partial charge is 0.224 e. The SMILES string of the molecule is CNC(=O)Cc1ccc(-c2ccc(CC=O)cc2OCCOC)c(OCCOC)c1. The molecule has 0 aliphatic heterocycles. The van der Waals surface area contributed by atoms with Gasteiger partial charge in [-0.05, 0) is 23.3 Å². The summed E-state index contributed by atoms with van der Waals surface area (Å²) in [4.78, 5) is 22.7. The molecule has 1 amide bonds. The van der Waals surface area contributed by atoms with Crippen molar-refractivity contribution in [3.05, 3.63) is 47.5 Å². The number of nitrogens with one attached hydrogen (secondary N) is 1. The average Bonchev–Trinajstić information content (AvgIpc) is 2.75. The Bertz CT molecular complexity index is 836. The van der Waals surface area contributed by atoms with Crippen molar-refractivity contribution >= 4 is 12.2 Å². The first kappa shape index (κ1) is 23.4. The fourth-order valence-electron chi connectivity index (χ4n) is 2.89. The standard InChI is InChI=1S/C23H29NO6/c1-24-23(26)16-18-5-7-20(22(15-18)30-13-11-28-3)19-6-4-17(8-9-25)14-21(19)29-12-10-27-2/h4-7,9,14-15H,8,10-13,16H2,1-3H3,(H,24,26). The molecule has 2 aromatic carbocycles. The highest BCUT2D eigenvalue weighted by Crippen LogP contribution is 2.38. The molecule has 1 N–H and O–H groups in total. The lowest BCUT2D eigenvalue weighted by atomic mass is 9.98. The average molecular weight is 415 g/mol. The predicted molar refractivity (Wildman–Crippen MR) is 114 cm³/mol. The lowest BCUT2D eigenvalue weighted by Gasteiger charge is -2.17. The highest BCUT2D eigenvalue weighted by atomic mass is 16.5. The monoisotopic (exact) mass is 415 g/mol. The molecule has 7 nitrogen and oxygen atoms in total. The van der Waals surface area contributed by atoms with Crippen molar-refractivity contribution in [3.63, 3.8) is 0 Å². The van der Waals surface area contributed by atoms with E-state index >= 15 is 0 Å². The van der Waals surface area contributed by atoms with Crippen LogP contribution in [0.1, 0.15) is 11.1 Å². The molecule has 0 aliphatic rings. The van der Waals surface area contributed by atoms with Crippen molar-refractivity contribution in [2.24, 2.45) is 0 Å². The Kier molecular flexibility index (Phi) is 9.83. The summed E-state index contributed by atoms with van der Waals surface area (Å²) in [6, 6.07) is 11.3. The van der Waals surface area contributed by atoms with Crippen molar-refractivity contribution in [1.82, 2.24) is 5.32 Å². The van der Waals surface area contributed by atoms with E-state index in [1.807, 2.05) is 36.4 Å². The minimum atomic E-state index is -0.0765. The van der Waals surface area contributed by atoms with E-state index in [1.54, 1.807) is 21.3 Å². The first-order chi connectivity index (χ1) is 14.6. The van der Waals surface area contributed by atoms with Gasteiger partial charge in [0.1, 0.15) is 31.0 Å². The van der Waals surface area contributed by atoms with Gasteiger partial charge in [0.15, 0.2) is 0 Å². The molecular weight excluding hydrogens is 386 g/mol. The summed E-state index contributed by atoms with van der Waals surface area (Å²) >= 11 is 0. The molecule has 0 saturated carbocycles. The molecule has 2 rings (SSSR count). The van der Waals surface area contributed by atoms with Crippen molar-refractivity contribution in [2.45, 2.75) is 12.8 Å². The van der Waals surface area contributed by atoms with Crippen LogP contribution in [0.15, 0.2) is 36.4 Å². The largest absolute Gasteiger partial charge is 0.491 e. The summed E-state index contributed by atoms with van der Waals surface area (Å²) < 4.78 is 22.1. The number of benzene rings is 2. The van der Waals surface area contributed by atoms with E-state index in [9.17, 15) is 9.59 Å². The molecule has 0 saturated heterocycles. The van der Waals surface area contributed by atoms with Crippen LogP contribution >= 0.6 is 0 Å². The molecule has 162 valence electrons. The summed E-state index contributed by atoms with van der Waals surface area (Å²) in [5.41, 5.74) is 3.36. The van der Waals surface area contributed by atoms with Crippen LogP contribution in [0.4, 0.5) is 0 Å². The number of aldehydes is 1. The normalized spacial score (nSPS) is 10.5. The molecule has 30 heavy (non-hydrogen) atoms. The Labute approximate surface area is 177 Å². The van der Waals surface area contributed by atoms with Crippen LogP contribution in [0, 0.1) is 0 Å². The molecular formula is C23H29NO6. The van der Waals surface area contributed by atoms with Gasteiger partial charge in [-0.1, -0.05) is 24.3 Å². The molecule has 2 aromatic rings. The van der Waals surface area contributed by atoms with Crippen LogP contribution in [0.2, 0.25) is 0 Å². The second-order valence-electron chi connectivity index (χ2n) is 6.56. The predicted octanol–water partition coefficient (Wildman–Crippen LogP) is 2.43. The second-order valence-corrected chi connectivity index (χ2v) is 6.56. The maximum absolute atomic E-state index is 11.8. The second kappa shape index (κ2) is 12.6. The third kappa shape index (κ3) is 6.86. The topological polar surface area (TPSA) is 83.1 Å². The quantitative estimate of drug-likeness (QED) is 0.400. The Morgan fingerprint density at radius 1 is 0.867 bits per heavy atom. The lowest BCUT2D eigenvalue weighted by Crippen LogP contribution is -2.20. The number of likely N-dealkylation sites (N-methyl/N-ethyl adjacent to an activating group) is 1. The number of ether oxygens (including phenoxy) is 4. The van der Waals surface area contributed by atoms with E-state index in [-0.39, 0.29) is 12.3 Å². The molecule has 0 spiro atoms. The highest BCUT2D eigenvalue weighted by Gasteiger charge is 2.15. The third-order valence-corrected chi connectivity index (χ3v) is 4.43. The first-order valence-electron chi connectivity index (χ1n) is 9.76. The highest BCUT2D eigenvalue weighted by molar-refractivity contribution is 5.80. The Morgan fingerprint density at radius 3 is 1.90 bits per heavy atom. The molecule has 7 heteroatoms. The van der Waals surface area contributed by atoms with Crippen LogP contribution < -0.4 is 14.8 Å². The first-order valence-corrected chi connectivity index (χ1v) is 9.76. The summed E-state index contributed by atoms with van der Waals surface area (Å²) in [6.07, 6.45) is 1.43. The number of carbonyl (C=O) groups excluding carboxylic acids is 2. The molecule has 0 heterocycles. The number of hydrogen-bond donors (Lipinski definition) is 1. The molecule has 0 aliphatic carbocycles. The molecule has 0 atom stereocenters. The Balaban J connectivity index is 2.44. The van der Waals surface area contributed by atoms with E-state index in [2.05, 4.69) is 5.32 Å². The van der Waals surface area contributed by atoms with Gasteiger partial charge in [-0.15, -0.1) is 0 Å². The van der Waals surface area contributed by atoms with Crippen molar-refractivity contribution < 1.29 is 28.5 Å². The molecule has 0 radical (unpaired) electrons. The summed E-state index contributed by atoms with van der Waals surface area (Å²) in [5.74, 6) is 1.20. The number of hydrogen-bond acceptors (Lipinski definition) is 6. The summed E-state index contributed by atoms with van der Waals surface area (Å²) in [5, 5.41) is 2.63. The van der Waals surface area contributed by atoms with Crippen molar-refractivity contribution in [3.8, 4) is 22.6 Å². The summed E-state index contributed by atoms with van der Waals surface area (Å²) in [6.45, 7) is 1.63. The van der Waals surface area contributed by atoms with Gasteiger partial charge in [0.05, 0.1) is 19.6 Å². The van der Waals surface area contributed by atoms with Gasteiger partial charge >= 0.3 is 0 Å². The van der Waals surface area contributed by atoms with Gasteiger partial charge in [0, 0.05) is 38.8 Å². The van der Waals surface area contributed by atoms with Gasteiger partial charge in [-0.3, -0.25) is 4.79 Å². The van der Waals surface area contributed by atoms with E-state index < -0.39 is 0 Å². The van der Waals surface area contributed by atoms with Crippen LogP contribution in [0.5, 0.6) is 11.5 Å². The van der Waals surface area contributed by atoms with Gasteiger partial charge in [0.2, 0.25) is 5.91 Å². The van der Waals surface area contributed by atoms with Crippen LogP contribution in [0.3, 0.4) is 0 Å². The van der Waals surface area contributed by atoms with E-state index in [4.69, 9.17) is 18.9 Å². The number of carbonyl (C=O) groups is 2. The van der Waals surface area contributed by atoms with Gasteiger partial charge in [-0.2, -0.15) is 0 Å². The van der Waals surface area contributed by atoms with E-state index in [0.717, 1.165) is 28.5 Å². The minimum Gasteiger partial charge on any atom is -0.491 e. The molecule has 0 bridgehead atoms. The Hall–Kier alpha value is -2.90. The zero-order valence-corrected chi connectivity index (χ0v) is 17.7. The molecule has 0 aromatic heterocycles. The van der Waals surface area contributed by atoms with Gasteiger partial charge in [0.25, 0.3) is 0 Å². The van der Waals surface area contributed by atoms with Crippen LogP contribution in [-0.2, 0) is 31.9 Å². The zero-order valence-electron chi connectivity index (χ0n) is 17.7. The van der Waals surface area contributed by atoms with Crippen LogP contribution in [0.25, 0.3) is 11.1 Å². The van der Waals surface area contributed by atoms with E-state index in [1.165, 1.54) is 0 Å². The van der Waals surface area contributed by atoms with Gasteiger partial charge < -0.3 is 29.1 Å². The fraction of sp³-hybridized carbons (Fsp3) is 0.391. The maximum atomic E-state index is 11.8. The zero-order chi connectivity index (χ0) is 21.8. The number of rotatable bonds is 13.